The van der Waals surface area contributed by atoms with E-state index >= 15 is 0 Å². The highest BCUT2D eigenvalue weighted by atomic mass is 35.5. The van der Waals surface area contributed by atoms with Crippen molar-refractivity contribution >= 4 is 22.7 Å². The fourth-order valence-corrected chi connectivity index (χ4v) is 1.71. The largest absolute Gasteiger partial charge is 0.441 e. The SMILES string of the molecule is Cc1nc2c(Cl)cc(C(C)C)cc2o1. The average Bonchev–Trinajstić information content (AvgIpc) is 2.45. The van der Waals surface area contributed by atoms with E-state index in [1.54, 1.807) is 0 Å². The third-order valence-corrected chi connectivity index (χ3v) is 2.53. The predicted octanol–water partition coefficient (Wildman–Crippen LogP) is 3.91. The van der Waals surface area contributed by atoms with Gasteiger partial charge in [-0.15, -0.1) is 0 Å². The maximum atomic E-state index is 6.10. The molecule has 0 radical (unpaired) electrons. The van der Waals surface area contributed by atoms with Crippen LogP contribution in [-0.4, -0.2) is 4.98 Å². The maximum absolute atomic E-state index is 6.10. The molecule has 1 aromatic carbocycles. The minimum Gasteiger partial charge on any atom is -0.441 e. The van der Waals surface area contributed by atoms with E-state index in [0.717, 1.165) is 11.1 Å². The first-order chi connectivity index (χ1) is 6.58. The molecule has 0 aliphatic rings. The van der Waals surface area contributed by atoms with Gasteiger partial charge in [-0.1, -0.05) is 25.4 Å². The van der Waals surface area contributed by atoms with E-state index in [0.29, 0.717) is 16.8 Å². The molecule has 1 heterocycles. The number of oxazole rings is 1. The van der Waals surface area contributed by atoms with Crippen molar-refractivity contribution in [3.8, 4) is 0 Å². The molecule has 0 aliphatic heterocycles. The van der Waals surface area contributed by atoms with Gasteiger partial charge in [0.25, 0.3) is 0 Å². The second kappa shape index (κ2) is 3.28. The Kier molecular flexibility index (Phi) is 2.23. The Morgan fingerprint density at radius 2 is 2.07 bits per heavy atom. The summed E-state index contributed by atoms with van der Waals surface area (Å²) in [4.78, 5) is 4.21. The van der Waals surface area contributed by atoms with Gasteiger partial charge < -0.3 is 4.42 Å². The zero-order valence-electron chi connectivity index (χ0n) is 8.47. The number of benzene rings is 1. The Morgan fingerprint density at radius 3 is 2.71 bits per heavy atom. The van der Waals surface area contributed by atoms with Crippen molar-refractivity contribution in [1.29, 1.82) is 0 Å². The van der Waals surface area contributed by atoms with Crippen molar-refractivity contribution in [2.45, 2.75) is 26.7 Å². The summed E-state index contributed by atoms with van der Waals surface area (Å²) in [5.41, 5.74) is 2.71. The number of nitrogens with zero attached hydrogens (tertiary/aromatic N) is 1. The van der Waals surface area contributed by atoms with Gasteiger partial charge in [0, 0.05) is 6.92 Å². The van der Waals surface area contributed by atoms with Gasteiger partial charge >= 0.3 is 0 Å². The number of aromatic nitrogens is 1. The molecule has 2 nitrogen and oxygen atoms in total. The molecular weight excluding hydrogens is 198 g/mol. The van der Waals surface area contributed by atoms with Gasteiger partial charge in [0.05, 0.1) is 5.02 Å². The van der Waals surface area contributed by atoms with Gasteiger partial charge in [-0.2, -0.15) is 0 Å². The standard InChI is InChI=1S/C11H12ClNO/c1-6(2)8-4-9(12)11-10(5-8)14-7(3)13-11/h4-6H,1-3H3. The second-order valence-corrected chi connectivity index (χ2v) is 4.14. The molecule has 3 heteroatoms. The highest BCUT2D eigenvalue weighted by molar-refractivity contribution is 6.34. The quantitative estimate of drug-likeness (QED) is 0.712. The summed E-state index contributed by atoms with van der Waals surface area (Å²) in [7, 11) is 0. The van der Waals surface area contributed by atoms with E-state index in [-0.39, 0.29) is 0 Å². The van der Waals surface area contributed by atoms with Gasteiger partial charge in [0.15, 0.2) is 11.5 Å². The van der Waals surface area contributed by atoms with Crippen LogP contribution in [0, 0.1) is 6.92 Å². The van der Waals surface area contributed by atoms with Crippen molar-refractivity contribution < 1.29 is 4.42 Å². The third kappa shape index (κ3) is 1.50. The molecule has 0 N–H and O–H groups in total. The molecule has 14 heavy (non-hydrogen) atoms. The molecule has 1 aromatic heterocycles. The summed E-state index contributed by atoms with van der Waals surface area (Å²) in [5, 5.41) is 0.669. The van der Waals surface area contributed by atoms with Crippen molar-refractivity contribution in [1.82, 2.24) is 4.98 Å². The average molecular weight is 210 g/mol. The van der Waals surface area contributed by atoms with Crippen molar-refractivity contribution in [3.05, 3.63) is 28.6 Å². The predicted molar refractivity (Wildman–Crippen MR) is 57.8 cm³/mol. The van der Waals surface area contributed by atoms with Crippen LogP contribution in [-0.2, 0) is 0 Å². The zero-order valence-corrected chi connectivity index (χ0v) is 9.22. The lowest BCUT2D eigenvalue weighted by atomic mass is 10.0. The van der Waals surface area contributed by atoms with Crippen LogP contribution >= 0.6 is 11.6 Å². The highest BCUT2D eigenvalue weighted by Crippen LogP contribution is 2.28. The Balaban J connectivity index is 2.71. The highest BCUT2D eigenvalue weighted by Gasteiger charge is 2.10. The van der Waals surface area contributed by atoms with Crippen LogP contribution in [0.5, 0.6) is 0 Å². The van der Waals surface area contributed by atoms with E-state index in [1.807, 2.05) is 19.1 Å². The molecule has 0 amide bonds. The third-order valence-electron chi connectivity index (χ3n) is 2.24. The monoisotopic (exact) mass is 209 g/mol. The molecule has 0 unspecified atom stereocenters. The molecule has 0 saturated carbocycles. The van der Waals surface area contributed by atoms with Crippen molar-refractivity contribution in [2.24, 2.45) is 0 Å². The minimum absolute atomic E-state index is 0.447. The van der Waals surface area contributed by atoms with Crippen molar-refractivity contribution in [2.75, 3.05) is 0 Å². The second-order valence-electron chi connectivity index (χ2n) is 3.74. The lowest BCUT2D eigenvalue weighted by Gasteiger charge is -2.04. The molecule has 0 aliphatic carbocycles. The molecular formula is C11H12ClNO. The summed E-state index contributed by atoms with van der Waals surface area (Å²) in [6.07, 6.45) is 0. The zero-order chi connectivity index (χ0) is 10.3. The summed E-state index contributed by atoms with van der Waals surface area (Å²) >= 11 is 6.10. The fourth-order valence-electron chi connectivity index (χ4n) is 1.45. The van der Waals surface area contributed by atoms with Gasteiger partial charge in [-0.3, -0.25) is 0 Å². The fraction of sp³-hybridized carbons (Fsp3) is 0.364. The van der Waals surface area contributed by atoms with Crippen LogP contribution in [0.3, 0.4) is 0 Å². The first kappa shape index (κ1) is 9.53. The molecule has 74 valence electrons. The molecule has 0 bridgehead atoms. The number of fused-ring (bicyclic) bond motifs is 1. The normalized spacial score (nSPS) is 11.5. The topological polar surface area (TPSA) is 26.0 Å². The Morgan fingerprint density at radius 1 is 1.36 bits per heavy atom. The lowest BCUT2D eigenvalue weighted by Crippen LogP contribution is -1.86. The summed E-state index contributed by atoms with van der Waals surface area (Å²) in [6.45, 7) is 6.08. The van der Waals surface area contributed by atoms with E-state index < -0.39 is 0 Å². The summed E-state index contributed by atoms with van der Waals surface area (Å²) < 4.78 is 5.44. The van der Waals surface area contributed by atoms with E-state index in [1.165, 1.54) is 5.56 Å². The summed E-state index contributed by atoms with van der Waals surface area (Å²) in [5.74, 6) is 1.10. The molecule has 0 spiro atoms. The maximum Gasteiger partial charge on any atom is 0.192 e. The minimum atomic E-state index is 0.447. The smallest absolute Gasteiger partial charge is 0.192 e. The first-order valence-corrected chi connectivity index (χ1v) is 5.02. The van der Waals surface area contributed by atoms with Crippen LogP contribution in [0.4, 0.5) is 0 Å². The number of hydrogen-bond donors (Lipinski definition) is 0. The molecule has 2 aromatic rings. The van der Waals surface area contributed by atoms with Gasteiger partial charge in [0.1, 0.15) is 5.52 Å². The Labute approximate surface area is 87.9 Å². The van der Waals surface area contributed by atoms with E-state index in [9.17, 15) is 0 Å². The molecule has 0 saturated heterocycles. The number of rotatable bonds is 1. The van der Waals surface area contributed by atoms with Crippen molar-refractivity contribution in [3.63, 3.8) is 0 Å². The molecule has 0 atom stereocenters. The Hall–Kier alpha value is -1.02. The molecule has 0 fully saturated rings. The summed E-state index contributed by atoms with van der Waals surface area (Å²) in [6, 6.07) is 3.96. The van der Waals surface area contributed by atoms with Crippen LogP contribution in [0.15, 0.2) is 16.5 Å². The first-order valence-electron chi connectivity index (χ1n) is 4.64. The van der Waals surface area contributed by atoms with Gasteiger partial charge in [0.2, 0.25) is 0 Å². The van der Waals surface area contributed by atoms with E-state index in [4.69, 9.17) is 16.0 Å². The number of hydrogen-bond acceptors (Lipinski definition) is 2. The van der Waals surface area contributed by atoms with Crippen LogP contribution in [0.25, 0.3) is 11.1 Å². The van der Waals surface area contributed by atoms with Crippen LogP contribution < -0.4 is 0 Å². The number of aryl methyl sites for hydroxylation is 1. The van der Waals surface area contributed by atoms with Crippen LogP contribution in [0.1, 0.15) is 31.2 Å². The van der Waals surface area contributed by atoms with Crippen LogP contribution in [0.2, 0.25) is 5.02 Å². The van der Waals surface area contributed by atoms with E-state index in [2.05, 4.69) is 18.8 Å². The van der Waals surface area contributed by atoms with Gasteiger partial charge in [-0.05, 0) is 23.6 Å². The lowest BCUT2D eigenvalue weighted by molar-refractivity contribution is 0.560. The number of halogens is 1. The Bertz CT molecular complexity index is 473. The van der Waals surface area contributed by atoms with Gasteiger partial charge in [-0.25, -0.2) is 4.98 Å². The molecule has 2 rings (SSSR count).